The molecule has 31 heavy (non-hydrogen) atoms. The van der Waals surface area contributed by atoms with Crippen LogP contribution in [0.1, 0.15) is 13.3 Å². The lowest BCUT2D eigenvalue weighted by Gasteiger charge is -2.17. The number of halogens is 1. The molecule has 0 aliphatic carbocycles. The van der Waals surface area contributed by atoms with Crippen molar-refractivity contribution in [2.75, 3.05) is 5.32 Å². The second-order valence-corrected chi connectivity index (χ2v) is 7.91. The van der Waals surface area contributed by atoms with Crippen LogP contribution in [-0.4, -0.2) is 21.8 Å². The van der Waals surface area contributed by atoms with Crippen LogP contribution < -0.4 is 10.1 Å². The first-order chi connectivity index (χ1) is 15.1. The number of amides is 1. The first-order valence-corrected chi connectivity index (χ1v) is 10.9. The zero-order chi connectivity index (χ0) is 21.6. The van der Waals surface area contributed by atoms with Crippen molar-refractivity contribution in [1.82, 2.24) is 9.78 Å². The number of ether oxygens (including phenoxy) is 1. The summed E-state index contributed by atoms with van der Waals surface area (Å²) in [4.78, 5) is 13.0. The Balaban J connectivity index is 1.65. The van der Waals surface area contributed by atoms with Gasteiger partial charge < -0.3 is 10.1 Å². The smallest absolute Gasteiger partial charge is 0.266 e. The van der Waals surface area contributed by atoms with E-state index in [0.717, 1.165) is 21.4 Å². The molecule has 156 valence electrons. The summed E-state index contributed by atoms with van der Waals surface area (Å²) < 4.78 is 8.61. The number of nitrogens with zero attached hydrogens (tertiary/aromatic N) is 2. The van der Waals surface area contributed by atoms with Crippen LogP contribution >= 0.6 is 15.9 Å². The van der Waals surface area contributed by atoms with E-state index in [1.165, 1.54) is 0 Å². The predicted octanol–water partition coefficient (Wildman–Crippen LogP) is 6.10. The highest BCUT2D eigenvalue weighted by Gasteiger charge is 2.21. The molecular formula is C25H22BrN3O2. The van der Waals surface area contributed by atoms with Crippen molar-refractivity contribution in [2.24, 2.45) is 0 Å². The Morgan fingerprint density at radius 2 is 1.71 bits per heavy atom. The van der Waals surface area contributed by atoms with Crippen LogP contribution in [0.25, 0.3) is 16.9 Å². The molecule has 0 saturated carbocycles. The second kappa shape index (κ2) is 9.62. The minimum atomic E-state index is -0.615. The van der Waals surface area contributed by atoms with Gasteiger partial charge in [0, 0.05) is 16.1 Å². The van der Waals surface area contributed by atoms with Crippen molar-refractivity contribution < 1.29 is 9.53 Å². The summed E-state index contributed by atoms with van der Waals surface area (Å²) in [6.07, 6.45) is -0.0746. The predicted molar refractivity (Wildman–Crippen MR) is 126 cm³/mol. The first kappa shape index (κ1) is 20.9. The maximum atomic E-state index is 13.0. The van der Waals surface area contributed by atoms with Gasteiger partial charge in [-0.05, 0) is 42.8 Å². The molecule has 4 rings (SSSR count). The maximum absolute atomic E-state index is 13.0. The number of para-hydroxylation sites is 2. The molecule has 4 aromatic rings. The molecule has 6 heteroatoms. The molecule has 1 N–H and O–H groups in total. The molecule has 0 radical (unpaired) electrons. The summed E-state index contributed by atoms with van der Waals surface area (Å²) in [6.45, 7) is 1.93. The van der Waals surface area contributed by atoms with Crippen molar-refractivity contribution >= 4 is 27.7 Å². The third kappa shape index (κ3) is 5.03. The standard InChI is InChI=1S/C25H22BrN3O2/c1-2-23(31-21-14-7-4-8-15-21)25(30)27-24-17-22(18-10-9-11-19(26)16-18)28-29(24)20-12-5-3-6-13-20/h3-17,23H,2H2,1H3,(H,27,30). The van der Waals surface area contributed by atoms with Crippen LogP contribution in [0.15, 0.2) is 95.5 Å². The molecular weight excluding hydrogens is 454 g/mol. The molecule has 0 saturated heterocycles. The van der Waals surface area contributed by atoms with Gasteiger partial charge in [-0.25, -0.2) is 4.68 Å². The number of benzene rings is 3. The average molecular weight is 476 g/mol. The van der Waals surface area contributed by atoms with E-state index in [2.05, 4.69) is 21.2 Å². The number of anilines is 1. The van der Waals surface area contributed by atoms with E-state index in [1.807, 2.05) is 97.9 Å². The van der Waals surface area contributed by atoms with Crippen molar-refractivity contribution in [3.8, 4) is 22.7 Å². The van der Waals surface area contributed by atoms with Crippen LogP contribution in [0.4, 0.5) is 5.82 Å². The molecule has 0 fully saturated rings. The van der Waals surface area contributed by atoms with E-state index in [1.54, 1.807) is 4.68 Å². The van der Waals surface area contributed by atoms with Crippen LogP contribution in [0.2, 0.25) is 0 Å². The van der Waals surface area contributed by atoms with E-state index in [4.69, 9.17) is 9.84 Å². The van der Waals surface area contributed by atoms with Crippen LogP contribution in [0, 0.1) is 0 Å². The summed E-state index contributed by atoms with van der Waals surface area (Å²) in [5.74, 6) is 1.03. The van der Waals surface area contributed by atoms with E-state index >= 15 is 0 Å². The fourth-order valence-electron chi connectivity index (χ4n) is 3.22. The lowest BCUT2D eigenvalue weighted by molar-refractivity contribution is -0.122. The highest BCUT2D eigenvalue weighted by Crippen LogP contribution is 2.27. The third-order valence-corrected chi connectivity index (χ3v) is 5.26. The molecule has 3 aromatic carbocycles. The van der Waals surface area contributed by atoms with Crippen molar-refractivity contribution in [2.45, 2.75) is 19.4 Å². The Hall–Kier alpha value is -3.38. The lowest BCUT2D eigenvalue weighted by Crippen LogP contribution is -2.33. The zero-order valence-corrected chi connectivity index (χ0v) is 18.6. The SMILES string of the molecule is CCC(Oc1ccccc1)C(=O)Nc1cc(-c2cccc(Br)c2)nn1-c1ccccc1. The van der Waals surface area contributed by atoms with Gasteiger partial charge in [0.1, 0.15) is 11.6 Å². The Labute approximate surface area is 189 Å². The number of hydrogen-bond acceptors (Lipinski definition) is 3. The lowest BCUT2D eigenvalue weighted by atomic mass is 10.1. The van der Waals surface area contributed by atoms with Crippen LogP contribution in [-0.2, 0) is 4.79 Å². The summed E-state index contributed by atoms with van der Waals surface area (Å²) in [5, 5.41) is 7.76. The topological polar surface area (TPSA) is 56.1 Å². The number of carbonyl (C=O) groups excluding carboxylic acids is 1. The first-order valence-electron chi connectivity index (χ1n) is 10.1. The van der Waals surface area contributed by atoms with Gasteiger partial charge in [-0.2, -0.15) is 5.10 Å². The summed E-state index contributed by atoms with van der Waals surface area (Å²) in [7, 11) is 0. The largest absolute Gasteiger partial charge is 0.481 e. The van der Waals surface area contributed by atoms with Gasteiger partial charge in [0.2, 0.25) is 0 Å². The van der Waals surface area contributed by atoms with E-state index in [0.29, 0.717) is 18.0 Å². The normalized spacial score (nSPS) is 11.7. The van der Waals surface area contributed by atoms with Gasteiger partial charge in [-0.15, -0.1) is 0 Å². The Kier molecular flexibility index (Phi) is 6.48. The number of aromatic nitrogens is 2. The van der Waals surface area contributed by atoms with E-state index in [9.17, 15) is 4.79 Å². The minimum absolute atomic E-state index is 0.218. The van der Waals surface area contributed by atoms with Crippen molar-refractivity contribution in [3.05, 3.63) is 95.5 Å². The monoisotopic (exact) mass is 475 g/mol. The van der Waals surface area contributed by atoms with E-state index < -0.39 is 6.10 Å². The zero-order valence-electron chi connectivity index (χ0n) is 17.0. The molecule has 1 atom stereocenters. The third-order valence-electron chi connectivity index (χ3n) is 4.77. The summed E-state index contributed by atoms with van der Waals surface area (Å²) in [6, 6.07) is 28.9. The summed E-state index contributed by atoms with van der Waals surface area (Å²) in [5.41, 5.74) is 2.57. The van der Waals surface area contributed by atoms with Crippen LogP contribution in [0.3, 0.4) is 0 Å². The number of nitrogens with one attached hydrogen (secondary N) is 1. The number of hydrogen-bond donors (Lipinski definition) is 1. The van der Waals surface area contributed by atoms with E-state index in [-0.39, 0.29) is 5.91 Å². The highest BCUT2D eigenvalue weighted by molar-refractivity contribution is 9.10. The van der Waals surface area contributed by atoms with Crippen molar-refractivity contribution in [3.63, 3.8) is 0 Å². The molecule has 0 aliphatic rings. The second-order valence-electron chi connectivity index (χ2n) is 6.99. The Morgan fingerprint density at radius 1 is 1.00 bits per heavy atom. The Bertz CT molecular complexity index is 1160. The number of carbonyl (C=O) groups is 1. The molecule has 1 aromatic heterocycles. The molecule has 0 bridgehead atoms. The maximum Gasteiger partial charge on any atom is 0.266 e. The van der Waals surface area contributed by atoms with Gasteiger partial charge in [-0.3, -0.25) is 4.79 Å². The molecule has 1 heterocycles. The van der Waals surface area contributed by atoms with Gasteiger partial charge in [-0.1, -0.05) is 71.4 Å². The summed E-state index contributed by atoms with van der Waals surface area (Å²) >= 11 is 3.51. The fourth-order valence-corrected chi connectivity index (χ4v) is 3.62. The molecule has 1 unspecified atom stereocenters. The van der Waals surface area contributed by atoms with Gasteiger partial charge in [0.25, 0.3) is 5.91 Å². The quantitative estimate of drug-likeness (QED) is 0.351. The fraction of sp³-hybridized carbons (Fsp3) is 0.120. The highest BCUT2D eigenvalue weighted by atomic mass is 79.9. The van der Waals surface area contributed by atoms with Crippen LogP contribution in [0.5, 0.6) is 5.75 Å². The average Bonchev–Trinajstić information content (AvgIpc) is 3.22. The molecule has 1 amide bonds. The number of rotatable bonds is 7. The van der Waals surface area contributed by atoms with Gasteiger partial charge in [0.15, 0.2) is 6.10 Å². The van der Waals surface area contributed by atoms with Gasteiger partial charge >= 0.3 is 0 Å². The molecule has 5 nitrogen and oxygen atoms in total. The van der Waals surface area contributed by atoms with Crippen molar-refractivity contribution in [1.29, 1.82) is 0 Å². The molecule has 0 aliphatic heterocycles. The minimum Gasteiger partial charge on any atom is -0.481 e. The Morgan fingerprint density at radius 3 is 2.39 bits per heavy atom. The van der Waals surface area contributed by atoms with Gasteiger partial charge in [0.05, 0.1) is 11.4 Å². The molecule has 0 spiro atoms.